The molecule has 1 aliphatic carbocycles. The highest BCUT2D eigenvalue weighted by molar-refractivity contribution is 8.03. The summed E-state index contributed by atoms with van der Waals surface area (Å²) < 4.78 is 0. The van der Waals surface area contributed by atoms with Gasteiger partial charge in [0.05, 0.1) is 5.88 Å². The molecule has 1 aromatic rings. The van der Waals surface area contributed by atoms with Crippen LogP contribution in [-0.4, -0.2) is 29.7 Å². The Balaban J connectivity index is 0.000000117. The topological polar surface area (TPSA) is 15.3 Å². The van der Waals surface area contributed by atoms with Gasteiger partial charge in [-0.05, 0) is 25.6 Å². The summed E-state index contributed by atoms with van der Waals surface area (Å²) in [6.45, 7) is 0. The van der Waals surface area contributed by atoms with Gasteiger partial charge in [0.1, 0.15) is 0 Å². The third-order valence-electron chi connectivity index (χ3n) is 3.43. The van der Waals surface area contributed by atoms with Crippen molar-refractivity contribution in [3.05, 3.63) is 47.4 Å². The van der Waals surface area contributed by atoms with E-state index in [0.717, 1.165) is 11.8 Å². The molecular formula is C15H18N2S2. The number of benzene rings is 1. The molecule has 3 aliphatic rings. The zero-order valence-electron chi connectivity index (χ0n) is 11.0. The van der Waals surface area contributed by atoms with Crippen molar-refractivity contribution in [1.29, 1.82) is 0 Å². The monoisotopic (exact) mass is 290 g/mol. The number of nitrogens with one attached hydrogen (secondary N) is 1. The van der Waals surface area contributed by atoms with E-state index < -0.39 is 0 Å². The van der Waals surface area contributed by atoms with Crippen LogP contribution in [0.25, 0.3) is 0 Å². The van der Waals surface area contributed by atoms with Crippen molar-refractivity contribution in [3.63, 3.8) is 0 Å². The molecule has 1 fully saturated rings. The Morgan fingerprint density at radius 1 is 1.26 bits per heavy atom. The van der Waals surface area contributed by atoms with Crippen molar-refractivity contribution in [1.82, 2.24) is 4.90 Å². The van der Waals surface area contributed by atoms with Gasteiger partial charge in [0.2, 0.25) is 0 Å². The first-order valence-corrected chi connectivity index (χ1v) is 8.47. The lowest BCUT2D eigenvalue weighted by Gasteiger charge is -2.18. The van der Waals surface area contributed by atoms with Crippen LogP contribution in [0.15, 0.2) is 52.3 Å². The van der Waals surface area contributed by atoms with Gasteiger partial charge in [0.25, 0.3) is 0 Å². The van der Waals surface area contributed by atoms with Crippen LogP contribution in [-0.2, 0) is 0 Å². The third-order valence-corrected chi connectivity index (χ3v) is 5.66. The van der Waals surface area contributed by atoms with E-state index in [2.05, 4.69) is 59.8 Å². The molecule has 2 heterocycles. The van der Waals surface area contributed by atoms with Crippen molar-refractivity contribution in [2.75, 3.05) is 24.1 Å². The molecule has 1 atom stereocenters. The summed E-state index contributed by atoms with van der Waals surface area (Å²) in [6.07, 6.45) is 7.85. The summed E-state index contributed by atoms with van der Waals surface area (Å²) >= 11 is 3.83. The Morgan fingerprint density at radius 2 is 2.16 bits per heavy atom. The van der Waals surface area contributed by atoms with Crippen LogP contribution in [0.1, 0.15) is 6.42 Å². The van der Waals surface area contributed by atoms with Gasteiger partial charge < -0.3 is 5.32 Å². The van der Waals surface area contributed by atoms with Crippen LogP contribution in [0, 0.1) is 0 Å². The van der Waals surface area contributed by atoms with Crippen LogP contribution in [0.3, 0.4) is 0 Å². The van der Waals surface area contributed by atoms with E-state index in [0.29, 0.717) is 6.04 Å². The first-order chi connectivity index (χ1) is 9.34. The first-order valence-electron chi connectivity index (χ1n) is 6.50. The minimum absolute atomic E-state index is 0.704. The highest BCUT2D eigenvalue weighted by Crippen LogP contribution is 2.35. The zero-order chi connectivity index (χ0) is 13.1. The predicted octanol–water partition coefficient (Wildman–Crippen LogP) is 4.00. The summed E-state index contributed by atoms with van der Waals surface area (Å²) in [5.74, 6) is 2.19. The third kappa shape index (κ3) is 3.02. The molecule has 0 bridgehead atoms. The molecule has 0 amide bonds. The second kappa shape index (κ2) is 6.07. The quantitative estimate of drug-likeness (QED) is 0.776. The molecule has 19 heavy (non-hydrogen) atoms. The summed E-state index contributed by atoms with van der Waals surface area (Å²) in [5.41, 5.74) is 1.28. The molecule has 4 rings (SSSR count). The molecule has 1 N–H and O–H groups in total. The highest BCUT2D eigenvalue weighted by atomic mass is 32.2. The summed E-state index contributed by atoms with van der Waals surface area (Å²) in [5, 5.41) is 3.26. The van der Waals surface area contributed by atoms with Crippen LogP contribution < -0.4 is 5.32 Å². The summed E-state index contributed by atoms with van der Waals surface area (Å²) in [7, 11) is 2.19. The summed E-state index contributed by atoms with van der Waals surface area (Å²) in [4.78, 5) is 5.32. The molecule has 1 unspecified atom stereocenters. The normalized spacial score (nSPS) is 23.8. The maximum atomic E-state index is 3.26. The molecule has 0 aromatic heterocycles. The van der Waals surface area contributed by atoms with Gasteiger partial charge in [-0.15, -0.1) is 23.5 Å². The number of fused-ring (bicyclic) bond motifs is 2. The van der Waals surface area contributed by atoms with Gasteiger partial charge in [-0.2, -0.15) is 0 Å². The Morgan fingerprint density at radius 3 is 3.00 bits per heavy atom. The fourth-order valence-electron chi connectivity index (χ4n) is 2.34. The maximum Gasteiger partial charge on any atom is 0.0658 e. The van der Waals surface area contributed by atoms with Gasteiger partial charge >= 0.3 is 0 Å². The maximum absolute atomic E-state index is 3.26. The molecule has 0 saturated carbocycles. The minimum Gasteiger partial charge on any atom is -0.375 e. The molecule has 1 saturated heterocycles. The number of para-hydroxylation sites is 1. The predicted molar refractivity (Wildman–Crippen MR) is 86.6 cm³/mol. The Labute approximate surface area is 123 Å². The molecule has 100 valence electrons. The second-order valence-electron chi connectivity index (χ2n) is 4.74. The van der Waals surface area contributed by atoms with Crippen molar-refractivity contribution < 1.29 is 0 Å². The number of hydrogen-bond acceptors (Lipinski definition) is 4. The fourth-order valence-corrected chi connectivity index (χ4v) is 4.37. The molecule has 2 aliphatic heterocycles. The average molecular weight is 290 g/mol. The SMILES string of the molecule is CN1CSC2=CC=CCC21.c1ccc2c(c1)NCS2. The van der Waals surface area contributed by atoms with Crippen LogP contribution in [0.5, 0.6) is 0 Å². The minimum atomic E-state index is 0.704. The Hall–Kier alpha value is -0.840. The molecule has 0 radical (unpaired) electrons. The molecule has 4 heteroatoms. The molecule has 1 aromatic carbocycles. The van der Waals surface area contributed by atoms with E-state index in [1.807, 2.05) is 23.5 Å². The largest absolute Gasteiger partial charge is 0.375 e. The van der Waals surface area contributed by atoms with E-state index in [-0.39, 0.29) is 0 Å². The van der Waals surface area contributed by atoms with E-state index in [1.54, 1.807) is 4.91 Å². The number of nitrogens with zero attached hydrogens (tertiary/aromatic N) is 1. The number of hydrogen-bond donors (Lipinski definition) is 1. The van der Waals surface area contributed by atoms with Crippen molar-refractivity contribution in [3.8, 4) is 0 Å². The standard InChI is InChI=1S/C8H11NS.C7H7NS/c1-9-6-10-8-5-3-2-4-7(8)9;1-2-4-7-6(3-1)8-5-9-7/h2-3,5,7H,4,6H2,1H3;1-4,8H,5H2. The smallest absolute Gasteiger partial charge is 0.0658 e. The number of thioether (sulfide) groups is 2. The van der Waals surface area contributed by atoms with Crippen LogP contribution in [0.4, 0.5) is 5.69 Å². The number of rotatable bonds is 0. The van der Waals surface area contributed by atoms with E-state index in [9.17, 15) is 0 Å². The van der Waals surface area contributed by atoms with Gasteiger partial charge in [-0.3, -0.25) is 4.90 Å². The van der Waals surface area contributed by atoms with Crippen LogP contribution in [0.2, 0.25) is 0 Å². The lowest BCUT2D eigenvalue weighted by atomic mass is 10.1. The van der Waals surface area contributed by atoms with Gasteiger partial charge in [0.15, 0.2) is 0 Å². The van der Waals surface area contributed by atoms with E-state index in [4.69, 9.17) is 0 Å². The number of likely N-dealkylation sites (N-methyl/N-ethyl adjacent to an activating group) is 1. The Bertz CT molecular complexity index is 488. The van der Waals surface area contributed by atoms with Gasteiger partial charge in [0, 0.05) is 27.4 Å². The van der Waals surface area contributed by atoms with E-state index in [1.165, 1.54) is 17.0 Å². The van der Waals surface area contributed by atoms with Gasteiger partial charge in [-0.1, -0.05) is 30.4 Å². The first kappa shape index (κ1) is 13.2. The molecule has 2 nitrogen and oxygen atoms in total. The second-order valence-corrected chi connectivity index (χ2v) is 6.78. The lowest BCUT2D eigenvalue weighted by Crippen LogP contribution is -2.25. The van der Waals surface area contributed by atoms with E-state index >= 15 is 0 Å². The average Bonchev–Trinajstić information content (AvgIpc) is 3.07. The van der Waals surface area contributed by atoms with Gasteiger partial charge in [-0.25, -0.2) is 0 Å². The molecule has 0 spiro atoms. The Kier molecular flexibility index (Phi) is 4.21. The van der Waals surface area contributed by atoms with Crippen LogP contribution >= 0.6 is 23.5 Å². The zero-order valence-corrected chi connectivity index (χ0v) is 12.6. The fraction of sp³-hybridized carbons (Fsp3) is 0.333. The number of allylic oxidation sites excluding steroid dienone is 2. The molecular weight excluding hydrogens is 272 g/mol. The number of anilines is 1. The van der Waals surface area contributed by atoms with Crippen molar-refractivity contribution >= 4 is 29.2 Å². The highest BCUT2D eigenvalue weighted by Gasteiger charge is 2.26. The lowest BCUT2D eigenvalue weighted by molar-refractivity contribution is 0.341. The van der Waals surface area contributed by atoms with Crippen molar-refractivity contribution in [2.45, 2.75) is 17.4 Å². The summed E-state index contributed by atoms with van der Waals surface area (Å²) in [6, 6.07) is 9.07. The van der Waals surface area contributed by atoms with Crippen molar-refractivity contribution in [2.24, 2.45) is 0 Å².